The SMILES string of the molecule is c1ccc(-c2ccc3sc4cc5c(cc4c3c2)c2ccccc2c2oc3ccc(-c4ccccc4)cc3c52)cc1. The van der Waals surface area contributed by atoms with Gasteiger partial charge >= 0.3 is 0 Å². The van der Waals surface area contributed by atoms with Crippen molar-refractivity contribution in [3.05, 3.63) is 133 Å². The van der Waals surface area contributed by atoms with E-state index in [-0.39, 0.29) is 0 Å². The zero-order valence-corrected chi connectivity index (χ0v) is 22.3. The van der Waals surface area contributed by atoms with Gasteiger partial charge in [0.1, 0.15) is 11.2 Å². The standard InChI is InChI=1S/C38H22OS/c1-3-9-23(10-4-1)25-15-17-34-33(20-25)37-32-22-36-31(21-29(32)27-13-7-8-14-28(27)38(37)39-34)30-19-26(16-18-35(30)40-36)24-11-5-2-6-12-24/h1-22H. The Balaban J connectivity index is 1.41. The van der Waals surface area contributed by atoms with Gasteiger partial charge in [-0.15, -0.1) is 11.3 Å². The topological polar surface area (TPSA) is 13.1 Å². The predicted octanol–water partition coefficient (Wildman–Crippen LogP) is 11.6. The van der Waals surface area contributed by atoms with Gasteiger partial charge in [0.15, 0.2) is 0 Å². The van der Waals surface area contributed by atoms with Gasteiger partial charge in [-0.3, -0.25) is 0 Å². The first-order valence-electron chi connectivity index (χ1n) is 13.6. The van der Waals surface area contributed by atoms with Crippen LogP contribution in [0.5, 0.6) is 0 Å². The highest BCUT2D eigenvalue weighted by atomic mass is 32.1. The van der Waals surface area contributed by atoms with Gasteiger partial charge in [0, 0.05) is 36.3 Å². The number of rotatable bonds is 2. The maximum absolute atomic E-state index is 6.60. The number of benzene rings is 7. The Hall–Kier alpha value is -4.92. The minimum absolute atomic E-state index is 0.927. The Morgan fingerprint density at radius 2 is 1.00 bits per heavy atom. The fourth-order valence-electron chi connectivity index (χ4n) is 6.34. The molecular formula is C38H22OS. The lowest BCUT2D eigenvalue weighted by Gasteiger charge is -2.08. The zero-order chi connectivity index (χ0) is 26.2. The summed E-state index contributed by atoms with van der Waals surface area (Å²) >= 11 is 1.87. The second kappa shape index (κ2) is 8.29. The second-order valence-electron chi connectivity index (χ2n) is 10.5. The quantitative estimate of drug-likeness (QED) is 0.204. The van der Waals surface area contributed by atoms with Crippen molar-refractivity contribution in [2.24, 2.45) is 0 Å². The van der Waals surface area contributed by atoms with Crippen LogP contribution in [0.3, 0.4) is 0 Å². The summed E-state index contributed by atoms with van der Waals surface area (Å²) in [6.07, 6.45) is 0. The molecular weight excluding hydrogens is 504 g/mol. The Bertz CT molecular complexity index is 2410. The fraction of sp³-hybridized carbons (Fsp3) is 0. The summed E-state index contributed by atoms with van der Waals surface area (Å²) in [7, 11) is 0. The van der Waals surface area contributed by atoms with Gasteiger partial charge in [-0.05, 0) is 74.8 Å². The van der Waals surface area contributed by atoms with Crippen LogP contribution in [0.1, 0.15) is 0 Å². The molecule has 0 atom stereocenters. The molecule has 0 saturated carbocycles. The van der Waals surface area contributed by atoms with E-state index in [1.165, 1.54) is 69.4 Å². The van der Waals surface area contributed by atoms with E-state index >= 15 is 0 Å². The van der Waals surface area contributed by atoms with Gasteiger partial charge in [0.25, 0.3) is 0 Å². The number of fused-ring (bicyclic) bond motifs is 11. The summed E-state index contributed by atoms with van der Waals surface area (Å²) in [4.78, 5) is 0. The molecule has 2 aromatic heterocycles. The Morgan fingerprint density at radius 1 is 0.375 bits per heavy atom. The minimum Gasteiger partial charge on any atom is -0.455 e. The third-order valence-electron chi connectivity index (χ3n) is 8.24. The van der Waals surface area contributed by atoms with E-state index in [1.807, 2.05) is 11.3 Å². The molecule has 0 unspecified atom stereocenters. The fourth-order valence-corrected chi connectivity index (χ4v) is 7.45. The van der Waals surface area contributed by atoms with Crippen molar-refractivity contribution >= 4 is 75.0 Å². The molecule has 0 saturated heterocycles. The minimum atomic E-state index is 0.927. The molecule has 2 heteroatoms. The van der Waals surface area contributed by atoms with Crippen LogP contribution in [-0.2, 0) is 0 Å². The summed E-state index contributed by atoms with van der Waals surface area (Å²) in [6, 6.07) is 48.2. The van der Waals surface area contributed by atoms with E-state index in [1.54, 1.807) is 0 Å². The molecule has 0 bridgehead atoms. The van der Waals surface area contributed by atoms with Gasteiger partial charge in [-0.1, -0.05) is 97.1 Å². The van der Waals surface area contributed by atoms with Crippen LogP contribution in [0, 0.1) is 0 Å². The number of hydrogen-bond donors (Lipinski definition) is 0. The smallest absolute Gasteiger partial charge is 0.143 e. The monoisotopic (exact) mass is 526 g/mol. The van der Waals surface area contributed by atoms with Crippen molar-refractivity contribution in [1.82, 2.24) is 0 Å². The van der Waals surface area contributed by atoms with Crippen molar-refractivity contribution in [3.63, 3.8) is 0 Å². The average Bonchev–Trinajstić information content (AvgIpc) is 3.59. The van der Waals surface area contributed by atoms with Crippen molar-refractivity contribution in [2.45, 2.75) is 0 Å². The molecule has 1 nitrogen and oxygen atoms in total. The lowest BCUT2D eigenvalue weighted by Crippen LogP contribution is -1.82. The number of furan rings is 1. The molecule has 0 radical (unpaired) electrons. The van der Waals surface area contributed by atoms with Crippen LogP contribution in [-0.4, -0.2) is 0 Å². The number of thiophene rings is 1. The maximum Gasteiger partial charge on any atom is 0.143 e. The van der Waals surface area contributed by atoms with E-state index in [0.29, 0.717) is 0 Å². The van der Waals surface area contributed by atoms with E-state index in [2.05, 4.69) is 133 Å². The molecule has 7 aromatic carbocycles. The molecule has 2 heterocycles. The first kappa shape index (κ1) is 22.0. The number of hydrogen-bond acceptors (Lipinski definition) is 2. The van der Waals surface area contributed by atoms with Crippen LogP contribution in [0.2, 0.25) is 0 Å². The molecule has 186 valence electrons. The van der Waals surface area contributed by atoms with Crippen LogP contribution in [0.15, 0.2) is 138 Å². The van der Waals surface area contributed by atoms with E-state index < -0.39 is 0 Å². The van der Waals surface area contributed by atoms with Crippen LogP contribution in [0.4, 0.5) is 0 Å². The lowest BCUT2D eigenvalue weighted by atomic mass is 9.94. The second-order valence-corrected chi connectivity index (χ2v) is 11.6. The van der Waals surface area contributed by atoms with Gasteiger partial charge < -0.3 is 4.42 Å². The average molecular weight is 527 g/mol. The van der Waals surface area contributed by atoms with E-state index in [4.69, 9.17) is 4.42 Å². The van der Waals surface area contributed by atoms with Crippen molar-refractivity contribution < 1.29 is 4.42 Å². The van der Waals surface area contributed by atoms with E-state index in [9.17, 15) is 0 Å². The van der Waals surface area contributed by atoms with Gasteiger partial charge in [0.05, 0.1) is 0 Å². The normalized spacial score (nSPS) is 12.0. The summed E-state index contributed by atoms with van der Waals surface area (Å²) in [5.41, 5.74) is 6.81. The van der Waals surface area contributed by atoms with Gasteiger partial charge in [-0.25, -0.2) is 0 Å². The van der Waals surface area contributed by atoms with Crippen LogP contribution in [0.25, 0.3) is 85.9 Å². The molecule has 9 rings (SSSR count). The predicted molar refractivity (Wildman–Crippen MR) is 172 cm³/mol. The van der Waals surface area contributed by atoms with Gasteiger partial charge in [0.2, 0.25) is 0 Å². The Kier molecular flexibility index (Phi) is 4.55. The largest absolute Gasteiger partial charge is 0.455 e. The Morgan fingerprint density at radius 3 is 1.75 bits per heavy atom. The molecule has 0 aliphatic carbocycles. The first-order chi connectivity index (χ1) is 19.8. The van der Waals surface area contributed by atoms with Crippen molar-refractivity contribution in [3.8, 4) is 22.3 Å². The molecule has 0 N–H and O–H groups in total. The van der Waals surface area contributed by atoms with E-state index in [0.717, 1.165) is 16.6 Å². The highest BCUT2D eigenvalue weighted by Gasteiger charge is 2.18. The summed E-state index contributed by atoms with van der Waals surface area (Å²) in [5.74, 6) is 0. The lowest BCUT2D eigenvalue weighted by molar-refractivity contribution is 0.673. The molecule has 40 heavy (non-hydrogen) atoms. The summed E-state index contributed by atoms with van der Waals surface area (Å²) in [6.45, 7) is 0. The molecule has 0 amide bonds. The van der Waals surface area contributed by atoms with Crippen molar-refractivity contribution in [2.75, 3.05) is 0 Å². The molecule has 9 aromatic rings. The summed E-state index contributed by atoms with van der Waals surface area (Å²) < 4.78 is 9.22. The van der Waals surface area contributed by atoms with Gasteiger partial charge in [-0.2, -0.15) is 0 Å². The Labute approximate surface area is 234 Å². The van der Waals surface area contributed by atoms with Crippen LogP contribution >= 0.6 is 11.3 Å². The maximum atomic E-state index is 6.60. The molecule has 0 spiro atoms. The third-order valence-corrected chi connectivity index (χ3v) is 9.38. The molecule has 0 fully saturated rings. The molecule has 0 aliphatic heterocycles. The first-order valence-corrected chi connectivity index (χ1v) is 14.4. The highest BCUT2D eigenvalue weighted by Crippen LogP contribution is 2.45. The zero-order valence-electron chi connectivity index (χ0n) is 21.5. The summed E-state index contributed by atoms with van der Waals surface area (Å²) in [5, 5.41) is 9.90. The highest BCUT2D eigenvalue weighted by molar-refractivity contribution is 7.25. The van der Waals surface area contributed by atoms with Crippen LogP contribution < -0.4 is 0 Å². The molecule has 0 aliphatic rings. The van der Waals surface area contributed by atoms with Crippen molar-refractivity contribution in [1.29, 1.82) is 0 Å². The third kappa shape index (κ3) is 3.14.